The Morgan fingerprint density at radius 1 is 1.05 bits per heavy atom. The Hall–Kier alpha value is -5.53. The molecule has 0 fully saturated rings. The number of aryl methyl sites for hydroxylation is 1. The van der Waals surface area contributed by atoms with Gasteiger partial charge in [-0.1, -0.05) is 55.2 Å². The van der Waals surface area contributed by atoms with Crippen molar-refractivity contribution in [3.63, 3.8) is 0 Å². The van der Waals surface area contributed by atoms with Gasteiger partial charge in [0.2, 0.25) is 6.41 Å². The van der Waals surface area contributed by atoms with Crippen LogP contribution in [0.5, 0.6) is 0 Å². The molecule has 0 unspecified atom stereocenters. The van der Waals surface area contributed by atoms with Gasteiger partial charge in [-0.25, -0.2) is 9.50 Å². The van der Waals surface area contributed by atoms with Gasteiger partial charge in [-0.2, -0.15) is 0 Å². The average molecular weight is 566 g/mol. The first-order chi connectivity index (χ1) is 20.5. The predicted molar refractivity (Wildman–Crippen MR) is 168 cm³/mol. The summed E-state index contributed by atoms with van der Waals surface area (Å²) in [6.45, 7) is 5.78. The molecule has 1 amide bonds. The summed E-state index contributed by atoms with van der Waals surface area (Å²) in [4.78, 5) is 36.4. The largest absolute Gasteiger partial charge is 0.382 e. The van der Waals surface area contributed by atoms with Crippen LogP contribution in [0.4, 0.5) is 5.82 Å². The van der Waals surface area contributed by atoms with Crippen molar-refractivity contribution in [2.45, 2.75) is 26.2 Å². The molecule has 216 valence electrons. The van der Waals surface area contributed by atoms with Gasteiger partial charge in [0.15, 0.2) is 17.8 Å². The molecule has 0 radical (unpaired) electrons. The topological polar surface area (TPSA) is 164 Å². The van der Waals surface area contributed by atoms with Gasteiger partial charge in [0.05, 0.1) is 5.39 Å². The average Bonchev–Trinajstić information content (AvgIpc) is 3.36. The number of anilines is 1. The second-order valence-electron chi connectivity index (χ2n) is 8.30. The van der Waals surface area contributed by atoms with E-state index in [1.807, 2.05) is 54.6 Å². The summed E-state index contributed by atoms with van der Waals surface area (Å²) in [6.07, 6.45) is 8.43. The molecule has 0 saturated carbocycles. The molecule has 42 heavy (non-hydrogen) atoms. The molecule has 0 aliphatic carbocycles. The number of hydrogen-bond donors (Lipinski definition) is 3. The van der Waals surface area contributed by atoms with Gasteiger partial charge in [0.1, 0.15) is 5.56 Å². The van der Waals surface area contributed by atoms with E-state index in [0.29, 0.717) is 22.9 Å². The molecule has 0 atom stereocenters. The van der Waals surface area contributed by atoms with Crippen LogP contribution >= 0.6 is 0 Å². The minimum absolute atomic E-state index is 0.00540. The molecule has 0 saturated heterocycles. The molecule has 0 spiro atoms. The Morgan fingerprint density at radius 3 is 2.40 bits per heavy atom. The number of allylic oxidation sites excluding steroid dienone is 1. The SMILES string of the molecule is C=CCCC#Cc1cccc2cc(CC)n(-c3ccccc3)c(=O)c12.CN.NC=O.Nc1nn2cccnc2c1C=O. The number of unbranched alkanes of at least 4 members (excludes halogenated alkanes) is 1. The lowest BCUT2D eigenvalue weighted by Gasteiger charge is -2.14. The van der Waals surface area contributed by atoms with Gasteiger partial charge in [-0.05, 0) is 55.6 Å². The zero-order chi connectivity index (χ0) is 30.9. The molecule has 3 heterocycles. The molecular weight excluding hydrogens is 530 g/mol. The molecule has 6 N–H and O–H groups in total. The van der Waals surface area contributed by atoms with Gasteiger partial charge in [0.25, 0.3) is 5.56 Å². The van der Waals surface area contributed by atoms with Crippen molar-refractivity contribution >= 4 is 34.9 Å². The number of carbonyl (C=O) groups is 2. The Balaban J connectivity index is 0.000000301. The van der Waals surface area contributed by atoms with Crippen LogP contribution in [0.25, 0.3) is 22.1 Å². The Kier molecular flexibility index (Phi) is 13.4. The first-order valence-corrected chi connectivity index (χ1v) is 13.1. The van der Waals surface area contributed by atoms with E-state index in [4.69, 9.17) is 10.5 Å². The van der Waals surface area contributed by atoms with E-state index < -0.39 is 0 Å². The fraction of sp³-hybridized carbons (Fsp3) is 0.156. The number of benzene rings is 2. The number of aldehydes is 1. The van der Waals surface area contributed by atoms with Crippen LogP contribution in [0.15, 0.2) is 90.5 Å². The van der Waals surface area contributed by atoms with Crippen LogP contribution in [0.3, 0.4) is 0 Å². The number of rotatable bonds is 5. The first-order valence-electron chi connectivity index (χ1n) is 13.1. The lowest BCUT2D eigenvalue weighted by Crippen LogP contribution is -2.22. The Bertz CT molecular complexity index is 1750. The number of nitrogen functional groups attached to an aromatic ring is 1. The number of nitrogens with two attached hydrogens (primary N) is 3. The van der Waals surface area contributed by atoms with Gasteiger partial charge >= 0.3 is 0 Å². The van der Waals surface area contributed by atoms with Gasteiger partial charge < -0.3 is 17.2 Å². The van der Waals surface area contributed by atoms with E-state index in [2.05, 4.69) is 53.0 Å². The summed E-state index contributed by atoms with van der Waals surface area (Å²) in [7, 11) is 1.50. The second kappa shape index (κ2) is 17.2. The quantitative estimate of drug-likeness (QED) is 0.127. The van der Waals surface area contributed by atoms with E-state index >= 15 is 0 Å². The third-order valence-electron chi connectivity index (χ3n) is 5.77. The fourth-order valence-electron chi connectivity index (χ4n) is 4.01. The number of para-hydroxylation sites is 1. The highest BCUT2D eigenvalue weighted by atomic mass is 16.1. The fourth-order valence-corrected chi connectivity index (χ4v) is 4.01. The van der Waals surface area contributed by atoms with Crippen molar-refractivity contribution in [2.24, 2.45) is 11.5 Å². The van der Waals surface area contributed by atoms with Crippen LogP contribution < -0.4 is 22.8 Å². The molecule has 0 aliphatic heterocycles. The van der Waals surface area contributed by atoms with Crippen LogP contribution in [0.2, 0.25) is 0 Å². The minimum Gasteiger partial charge on any atom is -0.382 e. The van der Waals surface area contributed by atoms with E-state index in [1.54, 1.807) is 23.0 Å². The monoisotopic (exact) mass is 565 g/mol. The molecule has 3 aromatic heterocycles. The highest BCUT2D eigenvalue weighted by Crippen LogP contribution is 2.19. The number of primary amides is 1. The molecule has 10 heteroatoms. The molecule has 10 nitrogen and oxygen atoms in total. The number of nitrogens with zero attached hydrogens (tertiary/aromatic N) is 4. The third kappa shape index (κ3) is 8.00. The van der Waals surface area contributed by atoms with Gasteiger partial charge in [-0.3, -0.25) is 19.0 Å². The van der Waals surface area contributed by atoms with Crippen LogP contribution in [-0.2, 0) is 11.2 Å². The van der Waals surface area contributed by atoms with Crippen molar-refractivity contribution in [1.29, 1.82) is 0 Å². The molecule has 2 aromatic carbocycles. The molecule has 0 bridgehead atoms. The molecule has 0 aliphatic rings. The number of carbonyl (C=O) groups excluding carboxylic acids is 2. The van der Waals surface area contributed by atoms with Gasteiger partial charge in [-0.15, -0.1) is 11.7 Å². The summed E-state index contributed by atoms with van der Waals surface area (Å²) in [5.74, 6) is 6.52. The molecular formula is C32H35N7O3. The van der Waals surface area contributed by atoms with Crippen molar-refractivity contribution in [3.8, 4) is 17.5 Å². The minimum atomic E-state index is -0.00540. The number of amides is 1. The number of pyridine rings is 1. The van der Waals surface area contributed by atoms with Crippen molar-refractivity contribution in [2.75, 3.05) is 12.8 Å². The maximum absolute atomic E-state index is 13.3. The maximum Gasteiger partial charge on any atom is 0.264 e. The van der Waals surface area contributed by atoms with Crippen molar-refractivity contribution in [1.82, 2.24) is 19.2 Å². The van der Waals surface area contributed by atoms with Crippen LogP contribution in [-0.4, -0.2) is 38.9 Å². The zero-order valence-electron chi connectivity index (χ0n) is 23.7. The summed E-state index contributed by atoms with van der Waals surface area (Å²) in [5, 5.41) is 5.52. The number of fused-ring (bicyclic) bond motifs is 2. The highest BCUT2D eigenvalue weighted by molar-refractivity contribution is 5.90. The zero-order valence-corrected chi connectivity index (χ0v) is 23.7. The number of hydrogen-bond acceptors (Lipinski definition) is 7. The van der Waals surface area contributed by atoms with E-state index in [0.717, 1.165) is 41.6 Å². The van der Waals surface area contributed by atoms with E-state index in [-0.39, 0.29) is 17.8 Å². The summed E-state index contributed by atoms with van der Waals surface area (Å²) < 4.78 is 3.27. The third-order valence-corrected chi connectivity index (χ3v) is 5.77. The van der Waals surface area contributed by atoms with E-state index in [9.17, 15) is 9.59 Å². The predicted octanol–water partition coefficient (Wildman–Crippen LogP) is 3.67. The number of aromatic nitrogens is 4. The van der Waals surface area contributed by atoms with Crippen molar-refractivity contribution < 1.29 is 9.59 Å². The Morgan fingerprint density at radius 2 is 1.76 bits per heavy atom. The summed E-state index contributed by atoms with van der Waals surface area (Å²) in [5.41, 5.74) is 17.6. The molecule has 5 aromatic rings. The highest BCUT2D eigenvalue weighted by Gasteiger charge is 2.12. The molecule has 5 rings (SSSR count). The lowest BCUT2D eigenvalue weighted by molar-refractivity contribution is -0.106. The van der Waals surface area contributed by atoms with Crippen LogP contribution in [0.1, 0.15) is 41.4 Å². The summed E-state index contributed by atoms with van der Waals surface area (Å²) >= 11 is 0. The summed E-state index contributed by atoms with van der Waals surface area (Å²) in [6, 6.07) is 19.5. The smallest absolute Gasteiger partial charge is 0.264 e. The van der Waals surface area contributed by atoms with Gasteiger partial charge in [0, 0.05) is 35.8 Å². The van der Waals surface area contributed by atoms with E-state index in [1.165, 1.54) is 11.6 Å². The standard InChI is InChI=1S/C23H21NO.C7H6N4O.CH3NO.CH5N/c1-3-5-6-8-12-18-13-11-14-19-17-20(4-2)24(23(25)22(18)19)21-15-9-7-10-16-21;8-6-5(4-12)7-9-2-1-3-11(7)10-6;2-1-3;1-2/h3,7,9-11,13-17H,1,4-6H2,2H3;1-4H,(H2,8,10);1H,(H2,2,3);2H2,1H3. The maximum atomic E-state index is 13.3. The normalized spacial score (nSPS) is 9.50. The van der Waals surface area contributed by atoms with Crippen molar-refractivity contribution in [3.05, 3.63) is 113 Å². The van der Waals surface area contributed by atoms with Crippen LogP contribution in [0, 0.1) is 11.8 Å². The second-order valence-corrected chi connectivity index (χ2v) is 8.30. The Labute approximate surface area is 244 Å². The first kappa shape index (κ1) is 32.7. The lowest BCUT2D eigenvalue weighted by atomic mass is 10.0.